The number of rotatable bonds is 0. The van der Waals surface area contributed by atoms with Gasteiger partial charge in [0.1, 0.15) is 0 Å². The van der Waals surface area contributed by atoms with E-state index in [-0.39, 0.29) is 11.8 Å². The van der Waals surface area contributed by atoms with E-state index in [0.717, 1.165) is 30.9 Å². The lowest BCUT2D eigenvalue weighted by atomic mass is 9.77. The van der Waals surface area contributed by atoms with Crippen molar-refractivity contribution in [2.24, 2.45) is 11.3 Å². The summed E-state index contributed by atoms with van der Waals surface area (Å²) < 4.78 is 0. The van der Waals surface area contributed by atoms with Crippen LogP contribution in [0.2, 0.25) is 0 Å². The topological polar surface area (TPSA) is 75.4 Å². The Hall–Kier alpha value is -0.940. The second-order valence-electron chi connectivity index (χ2n) is 3.78. The van der Waals surface area contributed by atoms with E-state index in [4.69, 9.17) is 5.84 Å². The number of imide groups is 1. The Kier molecular flexibility index (Phi) is 1.85. The fourth-order valence-corrected chi connectivity index (χ4v) is 2.12. The smallest absolute Gasteiger partial charge is 0.250 e. The van der Waals surface area contributed by atoms with Gasteiger partial charge in [-0.25, -0.2) is 10.9 Å². The largest absolute Gasteiger partial charge is 0.317 e. The summed E-state index contributed by atoms with van der Waals surface area (Å²) in [6, 6.07) is 0. The Bertz CT molecular complexity index is 258. The molecule has 0 atom stereocenters. The Morgan fingerprint density at radius 2 is 1.92 bits per heavy atom. The van der Waals surface area contributed by atoms with Crippen molar-refractivity contribution >= 4 is 11.8 Å². The van der Waals surface area contributed by atoms with E-state index >= 15 is 0 Å². The van der Waals surface area contributed by atoms with Gasteiger partial charge < -0.3 is 5.32 Å². The number of hydrogen-bond acceptors (Lipinski definition) is 4. The molecular formula is C8H13N3O2. The van der Waals surface area contributed by atoms with Crippen LogP contribution in [-0.4, -0.2) is 29.9 Å². The number of amides is 2. The third-order valence-electron chi connectivity index (χ3n) is 2.99. The molecule has 0 aromatic carbocycles. The highest BCUT2D eigenvalue weighted by molar-refractivity contribution is 6.05. The number of nitrogens with one attached hydrogen (secondary N) is 1. The molecule has 13 heavy (non-hydrogen) atoms. The van der Waals surface area contributed by atoms with Gasteiger partial charge >= 0.3 is 0 Å². The summed E-state index contributed by atoms with van der Waals surface area (Å²) in [4.78, 5) is 22.9. The van der Waals surface area contributed by atoms with E-state index in [9.17, 15) is 9.59 Å². The molecule has 0 saturated carbocycles. The minimum Gasteiger partial charge on any atom is -0.317 e. The zero-order valence-corrected chi connectivity index (χ0v) is 7.38. The molecule has 2 amide bonds. The van der Waals surface area contributed by atoms with Crippen molar-refractivity contribution in [3.63, 3.8) is 0 Å². The van der Waals surface area contributed by atoms with E-state index in [1.54, 1.807) is 0 Å². The third kappa shape index (κ3) is 1.15. The molecule has 2 fully saturated rings. The highest BCUT2D eigenvalue weighted by Crippen LogP contribution is 2.39. The SMILES string of the molecule is NN1C(=O)CC2(CCNCC2)C1=O. The van der Waals surface area contributed by atoms with Gasteiger partial charge in [-0.3, -0.25) is 9.59 Å². The van der Waals surface area contributed by atoms with Crippen LogP contribution in [0.15, 0.2) is 0 Å². The maximum absolute atomic E-state index is 11.6. The molecule has 0 aliphatic carbocycles. The molecule has 0 radical (unpaired) electrons. The minimum atomic E-state index is -0.475. The van der Waals surface area contributed by atoms with Crippen LogP contribution in [0.5, 0.6) is 0 Å². The van der Waals surface area contributed by atoms with Crippen LogP contribution in [0, 0.1) is 5.41 Å². The Balaban J connectivity index is 2.23. The van der Waals surface area contributed by atoms with E-state index in [1.807, 2.05) is 0 Å². The van der Waals surface area contributed by atoms with Gasteiger partial charge in [-0.05, 0) is 25.9 Å². The highest BCUT2D eigenvalue weighted by atomic mass is 16.2. The number of hydrogen-bond donors (Lipinski definition) is 2. The highest BCUT2D eigenvalue weighted by Gasteiger charge is 2.50. The van der Waals surface area contributed by atoms with Gasteiger partial charge in [0.15, 0.2) is 0 Å². The molecule has 5 heteroatoms. The van der Waals surface area contributed by atoms with Crippen molar-refractivity contribution in [1.29, 1.82) is 0 Å². The molecule has 2 saturated heterocycles. The summed E-state index contributed by atoms with van der Waals surface area (Å²) in [5.41, 5.74) is -0.475. The standard InChI is InChI=1S/C8H13N3O2/c9-11-6(12)5-8(7(11)13)1-3-10-4-2-8/h10H,1-5,9H2. The molecule has 0 aromatic rings. The van der Waals surface area contributed by atoms with E-state index in [1.165, 1.54) is 0 Å². The number of nitrogens with two attached hydrogens (primary N) is 1. The van der Waals surface area contributed by atoms with E-state index in [0.29, 0.717) is 6.42 Å². The molecule has 0 unspecified atom stereocenters. The molecule has 0 aromatic heterocycles. The minimum absolute atomic E-state index is 0.195. The lowest BCUT2D eigenvalue weighted by Crippen LogP contribution is -2.45. The number of hydrazine groups is 1. The van der Waals surface area contributed by atoms with Crippen molar-refractivity contribution in [3.8, 4) is 0 Å². The van der Waals surface area contributed by atoms with Crippen molar-refractivity contribution in [2.75, 3.05) is 13.1 Å². The summed E-state index contributed by atoms with van der Waals surface area (Å²) in [6.07, 6.45) is 1.75. The van der Waals surface area contributed by atoms with Crippen molar-refractivity contribution in [2.45, 2.75) is 19.3 Å². The van der Waals surface area contributed by atoms with Gasteiger partial charge in [0.05, 0.1) is 5.41 Å². The lowest BCUT2D eigenvalue weighted by molar-refractivity contribution is -0.142. The van der Waals surface area contributed by atoms with Gasteiger partial charge in [-0.1, -0.05) is 0 Å². The van der Waals surface area contributed by atoms with Crippen LogP contribution in [0.25, 0.3) is 0 Å². The van der Waals surface area contributed by atoms with Crippen molar-refractivity contribution in [1.82, 2.24) is 10.3 Å². The van der Waals surface area contributed by atoms with Gasteiger partial charge in [-0.2, -0.15) is 0 Å². The second kappa shape index (κ2) is 2.78. The molecule has 3 N–H and O–H groups in total. The molecule has 2 rings (SSSR count). The van der Waals surface area contributed by atoms with Crippen LogP contribution < -0.4 is 11.2 Å². The summed E-state index contributed by atoms with van der Waals surface area (Å²) in [6.45, 7) is 1.60. The Morgan fingerprint density at radius 1 is 1.31 bits per heavy atom. The predicted octanol–water partition coefficient (Wildman–Crippen LogP) is -1.01. The Morgan fingerprint density at radius 3 is 2.38 bits per heavy atom. The maximum atomic E-state index is 11.6. The first-order valence-electron chi connectivity index (χ1n) is 4.48. The second-order valence-corrected chi connectivity index (χ2v) is 3.78. The molecule has 2 aliphatic rings. The predicted molar refractivity (Wildman–Crippen MR) is 45.2 cm³/mol. The first-order valence-corrected chi connectivity index (χ1v) is 4.48. The Labute approximate surface area is 76.2 Å². The fraction of sp³-hybridized carbons (Fsp3) is 0.750. The summed E-state index contributed by atoms with van der Waals surface area (Å²) in [5, 5.41) is 3.95. The summed E-state index contributed by atoms with van der Waals surface area (Å²) in [5.74, 6) is 4.90. The zero-order chi connectivity index (χ0) is 9.47. The zero-order valence-electron chi connectivity index (χ0n) is 7.38. The monoisotopic (exact) mass is 183 g/mol. The molecule has 72 valence electrons. The molecule has 1 spiro atoms. The normalized spacial score (nSPS) is 27.3. The average Bonchev–Trinajstić information content (AvgIpc) is 2.33. The summed E-state index contributed by atoms with van der Waals surface area (Å²) >= 11 is 0. The maximum Gasteiger partial charge on any atom is 0.250 e. The summed E-state index contributed by atoms with van der Waals surface area (Å²) in [7, 11) is 0. The van der Waals surface area contributed by atoms with Crippen LogP contribution >= 0.6 is 0 Å². The van der Waals surface area contributed by atoms with Crippen molar-refractivity contribution in [3.05, 3.63) is 0 Å². The van der Waals surface area contributed by atoms with Gasteiger partial charge in [0.25, 0.3) is 0 Å². The number of nitrogens with zero attached hydrogens (tertiary/aromatic N) is 1. The van der Waals surface area contributed by atoms with E-state index < -0.39 is 5.41 Å². The third-order valence-corrected chi connectivity index (χ3v) is 2.99. The molecule has 2 aliphatic heterocycles. The van der Waals surface area contributed by atoms with E-state index in [2.05, 4.69) is 5.32 Å². The van der Waals surface area contributed by atoms with Gasteiger partial charge in [-0.15, -0.1) is 0 Å². The van der Waals surface area contributed by atoms with Crippen LogP contribution in [-0.2, 0) is 9.59 Å². The van der Waals surface area contributed by atoms with Gasteiger partial charge in [0.2, 0.25) is 11.8 Å². The number of carbonyl (C=O) groups is 2. The molecule has 0 bridgehead atoms. The molecule has 2 heterocycles. The first kappa shape index (κ1) is 8.65. The van der Waals surface area contributed by atoms with Crippen LogP contribution in [0.4, 0.5) is 0 Å². The first-order chi connectivity index (χ1) is 6.16. The fourth-order valence-electron chi connectivity index (χ4n) is 2.12. The van der Waals surface area contributed by atoms with Crippen LogP contribution in [0.1, 0.15) is 19.3 Å². The quantitative estimate of drug-likeness (QED) is 0.286. The number of carbonyl (C=O) groups excluding carboxylic acids is 2. The van der Waals surface area contributed by atoms with Crippen molar-refractivity contribution < 1.29 is 9.59 Å². The average molecular weight is 183 g/mol. The molecule has 5 nitrogen and oxygen atoms in total. The molecular weight excluding hydrogens is 170 g/mol. The number of piperidine rings is 1. The lowest BCUT2D eigenvalue weighted by Gasteiger charge is -2.30. The van der Waals surface area contributed by atoms with Crippen LogP contribution in [0.3, 0.4) is 0 Å². The van der Waals surface area contributed by atoms with Gasteiger partial charge in [0, 0.05) is 6.42 Å².